The highest BCUT2D eigenvalue weighted by Gasteiger charge is 2.11. The number of aliphatic carboxylic acids is 1. The van der Waals surface area contributed by atoms with Crippen LogP contribution in [0.15, 0.2) is 12.5 Å². The molecule has 0 amide bonds. The van der Waals surface area contributed by atoms with E-state index in [1.807, 2.05) is 0 Å². The molecule has 0 aromatic carbocycles. The molecule has 1 unspecified atom stereocenters. The summed E-state index contributed by atoms with van der Waals surface area (Å²) in [6, 6.07) is -0.851. The summed E-state index contributed by atoms with van der Waals surface area (Å²) >= 11 is 0. The van der Waals surface area contributed by atoms with Gasteiger partial charge in [-0.2, -0.15) is 0 Å². The van der Waals surface area contributed by atoms with Crippen molar-refractivity contribution in [2.75, 3.05) is 0 Å². The maximum absolute atomic E-state index is 10.3. The van der Waals surface area contributed by atoms with Gasteiger partial charge < -0.3 is 20.6 Å². The molecule has 0 radical (unpaired) electrons. The van der Waals surface area contributed by atoms with Crippen LogP contribution >= 0.6 is 0 Å². The number of nitrogens with zero attached hydrogens (tertiary/aromatic N) is 1. The number of aldehydes is 1. The topological polar surface area (TPSA) is 109 Å². The Morgan fingerprint density at radius 1 is 1.53 bits per heavy atom. The molecule has 6 heteroatoms. The van der Waals surface area contributed by atoms with E-state index in [1.54, 1.807) is 6.20 Å². The number of hydrogen-bond acceptors (Lipinski definition) is 4. The number of rotatable bonds is 8. The molecule has 19 heavy (non-hydrogen) atoms. The lowest BCUT2D eigenvalue weighted by Gasteiger charge is -2.02. The van der Waals surface area contributed by atoms with Crippen molar-refractivity contribution in [2.45, 2.75) is 51.5 Å². The fourth-order valence-corrected chi connectivity index (χ4v) is 1.37. The molecule has 4 N–H and O–H groups in total. The van der Waals surface area contributed by atoms with Crippen molar-refractivity contribution in [3.05, 3.63) is 18.2 Å². The zero-order valence-corrected chi connectivity index (χ0v) is 11.3. The van der Waals surface area contributed by atoms with Crippen molar-refractivity contribution in [3.63, 3.8) is 0 Å². The smallest absolute Gasteiger partial charge is 0.320 e. The number of carbonyl (C=O) groups excluding carboxylic acids is 1. The van der Waals surface area contributed by atoms with Crippen molar-refractivity contribution < 1.29 is 14.7 Å². The second-order valence-corrected chi connectivity index (χ2v) is 4.24. The molecule has 1 heterocycles. The van der Waals surface area contributed by atoms with Gasteiger partial charge in [-0.15, -0.1) is 0 Å². The number of aromatic amines is 1. The van der Waals surface area contributed by atoms with Crippen LogP contribution in [0.4, 0.5) is 0 Å². The van der Waals surface area contributed by atoms with E-state index in [2.05, 4.69) is 16.9 Å². The molecule has 1 atom stereocenters. The maximum atomic E-state index is 10.3. The van der Waals surface area contributed by atoms with Crippen molar-refractivity contribution in [2.24, 2.45) is 5.73 Å². The molecule has 0 aliphatic heterocycles. The summed E-state index contributed by atoms with van der Waals surface area (Å²) in [6.07, 6.45) is 9.90. The third-order valence-electron chi connectivity index (χ3n) is 2.49. The van der Waals surface area contributed by atoms with Crippen LogP contribution in [-0.4, -0.2) is 33.4 Å². The molecule has 108 valence electrons. The van der Waals surface area contributed by atoms with E-state index >= 15 is 0 Å². The van der Waals surface area contributed by atoms with Crippen molar-refractivity contribution in [1.29, 1.82) is 0 Å². The Kier molecular flexibility index (Phi) is 10.4. The third-order valence-corrected chi connectivity index (χ3v) is 2.49. The van der Waals surface area contributed by atoms with Gasteiger partial charge in [0.1, 0.15) is 12.3 Å². The van der Waals surface area contributed by atoms with Gasteiger partial charge in [0.2, 0.25) is 0 Å². The highest BCUT2D eigenvalue weighted by molar-refractivity contribution is 5.73. The Bertz CT molecular complexity index is 339. The van der Waals surface area contributed by atoms with E-state index in [-0.39, 0.29) is 6.42 Å². The van der Waals surface area contributed by atoms with Crippen molar-refractivity contribution >= 4 is 12.3 Å². The van der Waals surface area contributed by atoms with Crippen LogP contribution in [0, 0.1) is 0 Å². The lowest BCUT2D eigenvalue weighted by Crippen LogP contribution is -2.32. The summed E-state index contributed by atoms with van der Waals surface area (Å²) in [5.74, 6) is -1.00. The summed E-state index contributed by atoms with van der Waals surface area (Å²) in [6.45, 7) is 2.17. The quantitative estimate of drug-likeness (QED) is 0.489. The first-order valence-electron chi connectivity index (χ1n) is 6.51. The minimum absolute atomic E-state index is 0.287. The first kappa shape index (κ1) is 17.3. The molecule has 1 aromatic heterocycles. The van der Waals surface area contributed by atoms with Crippen molar-refractivity contribution in [1.82, 2.24) is 9.97 Å². The summed E-state index contributed by atoms with van der Waals surface area (Å²) < 4.78 is 0. The average Bonchev–Trinajstić information content (AvgIpc) is 2.88. The zero-order chi connectivity index (χ0) is 14.5. The monoisotopic (exact) mass is 269 g/mol. The summed E-state index contributed by atoms with van der Waals surface area (Å²) in [4.78, 5) is 26.5. The minimum Gasteiger partial charge on any atom is -0.480 e. The number of imidazole rings is 1. The van der Waals surface area contributed by atoms with Crippen LogP contribution in [0.25, 0.3) is 0 Å². The Morgan fingerprint density at radius 3 is 2.74 bits per heavy atom. The number of H-pyrrole nitrogens is 1. The van der Waals surface area contributed by atoms with E-state index < -0.39 is 12.0 Å². The molecule has 0 spiro atoms. The zero-order valence-electron chi connectivity index (χ0n) is 11.3. The van der Waals surface area contributed by atoms with Crippen molar-refractivity contribution in [3.8, 4) is 0 Å². The number of hydrogen-bond donors (Lipinski definition) is 3. The number of nitrogens with one attached hydrogen (secondary N) is 1. The highest BCUT2D eigenvalue weighted by atomic mass is 16.4. The van der Waals surface area contributed by atoms with E-state index in [9.17, 15) is 9.59 Å². The fraction of sp³-hybridized carbons (Fsp3) is 0.615. The Balaban J connectivity index is 0.000000362. The Labute approximate surface area is 113 Å². The first-order valence-corrected chi connectivity index (χ1v) is 6.51. The maximum Gasteiger partial charge on any atom is 0.320 e. The molecule has 6 nitrogen and oxygen atoms in total. The van der Waals surface area contributed by atoms with Crippen LogP contribution in [0.5, 0.6) is 0 Å². The number of carboxylic acid groups (broad SMARTS) is 1. The third kappa shape index (κ3) is 9.96. The van der Waals surface area contributed by atoms with Gasteiger partial charge in [-0.3, -0.25) is 4.79 Å². The van der Waals surface area contributed by atoms with Crippen LogP contribution in [-0.2, 0) is 16.0 Å². The van der Waals surface area contributed by atoms with Gasteiger partial charge in [0.15, 0.2) is 0 Å². The first-order chi connectivity index (χ1) is 9.11. The Hall–Kier alpha value is -1.69. The van der Waals surface area contributed by atoms with Crippen LogP contribution in [0.3, 0.4) is 0 Å². The lowest BCUT2D eigenvalue weighted by molar-refractivity contribution is -0.138. The largest absolute Gasteiger partial charge is 0.480 e. The highest BCUT2D eigenvalue weighted by Crippen LogP contribution is 1.99. The summed E-state index contributed by atoms with van der Waals surface area (Å²) in [5.41, 5.74) is 6.00. The number of aromatic nitrogens is 2. The lowest BCUT2D eigenvalue weighted by atomic mass is 10.2. The minimum atomic E-state index is -1.00. The normalized spacial score (nSPS) is 11.3. The van der Waals surface area contributed by atoms with E-state index in [0.717, 1.165) is 24.8 Å². The molecule has 1 aromatic rings. The average molecular weight is 269 g/mol. The second kappa shape index (κ2) is 11.4. The predicted molar refractivity (Wildman–Crippen MR) is 72.7 cm³/mol. The van der Waals surface area contributed by atoms with Gasteiger partial charge in [0, 0.05) is 24.7 Å². The molecule has 0 saturated carbocycles. The van der Waals surface area contributed by atoms with Gasteiger partial charge in [0.05, 0.1) is 6.33 Å². The SMILES string of the molecule is CCCCCCC=O.NC(Cc1cnc[nH]1)C(=O)O. The standard InChI is InChI=1S/C7H14O.C6H9N3O2/c1-2-3-4-5-6-7-8;7-5(6(10)11)1-4-2-8-3-9-4/h7H,2-6H2,1H3;2-3,5H,1,7H2,(H,8,9)(H,10,11). The fourth-order valence-electron chi connectivity index (χ4n) is 1.37. The summed E-state index contributed by atoms with van der Waals surface area (Å²) in [7, 11) is 0. The second-order valence-electron chi connectivity index (χ2n) is 4.24. The van der Waals surface area contributed by atoms with Crippen LogP contribution in [0.2, 0.25) is 0 Å². The number of nitrogens with two attached hydrogens (primary N) is 1. The van der Waals surface area contributed by atoms with E-state index in [4.69, 9.17) is 10.8 Å². The molecular formula is C13H23N3O3. The van der Waals surface area contributed by atoms with Gasteiger partial charge >= 0.3 is 5.97 Å². The molecule has 0 saturated heterocycles. The van der Waals surface area contributed by atoms with Gasteiger partial charge in [-0.25, -0.2) is 4.98 Å². The van der Waals surface area contributed by atoms with Crippen LogP contribution in [0.1, 0.15) is 44.7 Å². The number of carboxylic acids is 1. The van der Waals surface area contributed by atoms with Gasteiger partial charge in [0.25, 0.3) is 0 Å². The van der Waals surface area contributed by atoms with Crippen LogP contribution < -0.4 is 5.73 Å². The number of carbonyl (C=O) groups is 2. The van der Waals surface area contributed by atoms with Gasteiger partial charge in [-0.05, 0) is 6.42 Å². The van der Waals surface area contributed by atoms with Gasteiger partial charge in [-0.1, -0.05) is 26.2 Å². The molecule has 1 rings (SSSR count). The number of unbranched alkanes of at least 4 members (excludes halogenated alkanes) is 4. The predicted octanol–water partition coefficient (Wildman–Crippen LogP) is 1.52. The van der Waals surface area contributed by atoms with E-state index in [1.165, 1.54) is 25.6 Å². The molecule has 0 aliphatic carbocycles. The molecule has 0 bridgehead atoms. The molecule has 0 fully saturated rings. The Morgan fingerprint density at radius 2 is 2.26 bits per heavy atom. The molecule has 0 aliphatic rings. The molecular weight excluding hydrogens is 246 g/mol. The summed E-state index contributed by atoms with van der Waals surface area (Å²) in [5, 5.41) is 8.42. The van der Waals surface area contributed by atoms with E-state index in [0.29, 0.717) is 0 Å².